The summed E-state index contributed by atoms with van der Waals surface area (Å²) in [7, 11) is -0.446. The summed E-state index contributed by atoms with van der Waals surface area (Å²) in [5.74, 6) is 0. The van der Waals surface area contributed by atoms with E-state index >= 15 is 0 Å². The number of rotatable bonds is 7. The van der Waals surface area contributed by atoms with Crippen LogP contribution in [0.4, 0.5) is 5.69 Å². The van der Waals surface area contributed by atoms with Gasteiger partial charge in [0.25, 0.3) is 5.69 Å². The van der Waals surface area contributed by atoms with Crippen molar-refractivity contribution in [2.24, 2.45) is 0 Å². The number of hydrogen-bond donors (Lipinski definition) is 0. The highest BCUT2D eigenvalue weighted by atomic mass is 32.1. The van der Waals surface area contributed by atoms with E-state index in [4.69, 9.17) is 0 Å². The lowest BCUT2D eigenvalue weighted by Gasteiger charge is -2.18. The Morgan fingerprint density at radius 1 is 0.333 bits per heavy atom. The van der Waals surface area contributed by atoms with E-state index in [0.717, 1.165) is 59.6 Å². The average molecular weight is 1170 g/mol. The molecule has 0 bridgehead atoms. The number of fused-ring (bicyclic) bond motifs is 17. The maximum Gasteiger partial charge on any atom is 0.278 e. The molecule has 0 radical (unpaired) electrons. The third-order valence-corrected chi connectivity index (χ3v) is 21.8. The molecule has 0 atom stereocenters. The molecular formula is C79H52N3O2PS2. The van der Waals surface area contributed by atoms with Crippen molar-refractivity contribution < 1.29 is 4.92 Å². The Kier molecular flexibility index (Phi) is 13.2. The van der Waals surface area contributed by atoms with Gasteiger partial charge in [-0.05, 0) is 114 Å². The van der Waals surface area contributed by atoms with Gasteiger partial charge in [-0.1, -0.05) is 231 Å². The van der Waals surface area contributed by atoms with Crippen molar-refractivity contribution in [2.75, 3.05) is 0 Å². The lowest BCUT2D eigenvalue weighted by molar-refractivity contribution is -0.384. The van der Waals surface area contributed by atoms with E-state index in [-0.39, 0.29) is 10.6 Å². The highest BCUT2D eigenvalue weighted by Crippen LogP contribution is 2.52. The second kappa shape index (κ2) is 22.0. The number of benzene rings is 13. The Hall–Kier alpha value is -10.3. The van der Waals surface area contributed by atoms with Gasteiger partial charge in [0.15, 0.2) is 0 Å². The number of nitro groups is 1. The summed E-state index contributed by atoms with van der Waals surface area (Å²) in [5.41, 5.74) is 14.4. The lowest BCUT2D eigenvalue weighted by atomic mass is 9.96. The number of aromatic nitrogens is 2. The van der Waals surface area contributed by atoms with E-state index in [1.165, 1.54) is 85.8 Å². The van der Waals surface area contributed by atoms with Crippen LogP contribution in [0, 0.1) is 10.1 Å². The van der Waals surface area contributed by atoms with Crippen LogP contribution in [0.2, 0.25) is 0 Å². The summed E-state index contributed by atoms with van der Waals surface area (Å²) >= 11 is 3.56. The van der Waals surface area contributed by atoms with Gasteiger partial charge in [0, 0.05) is 85.8 Å². The quantitative estimate of drug-likeness (QED) is 0.0907. The normalized spacial score (nSPS) is 11.8. The van der Waals surface area contributed by atoms with Crippen LogP contribution in [0.25, 0.3) is 118 Å². The molecule has 1 aliphatic rings. The maximum atomic E-state index is 12.3. The third-order valence-electron chi connectivity index (χ3n) is 16.9. The van der Waals surface area contributed by atoms with Gasteiger partial charge < -0.3 is 9.13 Å². The maximum absolute atomic E-state index is 12.3. The summed E-state index contributed by atoms with van der Waals surface area (Å²) in [6.45, 7) is 0. The van der Waals surface area contributed by atoms with Gasteiger partial charge in [0.05, 0.1) is 37.3 Å². The molecule has 5 nitrogen and oxygen atoms in total. The Labute approximate surface area is 511 Å². The van der Waals surface area contributed by atoms with Gasteiger partial charge in [-0.15, -0.1) is 22.7 Å². The summed E-state index contributed by atoms with van der Waals surface area (Å²) in [4.78, 5) is 12.0. The van der Waals surface area contributed by atoms with Crippen LogP contribution in [0.5, 0.6) is 0 Å². The molecule has 0 fully saturated rings. The zero-order valence-corrected chi connectivity index (χ0v) is 49.5. The standard InChI is InChI=1S/C31H19NS.C30H18N2O2S.C18H15P/c1-2-8-21(9-3-1)32-25-12-6-4-11-24(25)30-26(32)17-15-19-18-20-14-16-23-22-10-5-7-13-27(22)33-31(23)29(20)28(19)30;33-32(34)26-18-17-21-20-11-5-7-16-27(20)35-30(21)29(26)23-13-8-15-25-28(23)22-12-4-6-14-24(22)31(25)19-9-2-1-3-10-19;1-4-10-16(11-5-1)19(17-12-6-2-7-13-17)18-14-8-3-9-15-18/h1-17H,18H2;1-18H;1-15H. The second-order valence-electron chi connectivity index (χ2n) is 21.9. The van der Waals surface area contributed by atoms with Gasteiger partial charge in [-0.25, -0.2) is 0 Å². The topological polar surface area (TPSA) is 53.0 Å². The summed E-state index contributed by atoms with van der Waals surface area (Å²) < 4.78 is 9.54. The largest absolute Gasteiger partial charge is 0.309 e. The van der Waals surface area contributed by atoms with Gasteiger partial charge in [0.2, 0.25) is 0 Å². The van der Waals surface area contributed by atoms with Crippen molar-refractivity contribution in [3.05, 3.63) is 325 Å². The first-order chi connectivity index (χ1) is 43.1. The monoisotopic (exact) mass is 1170 g/mol. The second-order valence-corrected chi connectivity index (χ2v) is 26.2. The van der Waals surface area contributed by atoms with E-state index in [2.05, 4.69) is 246 Å². The first kappa shape index (κ1) is 52.3. The minimum Gasteiger partial charge on any atom is -0.309 e. The molecule has 4 heterocycles. The lowest BCUT2D eigenvalue weighted by Crippen LogP contribution is -2.20. The summed E-state index contributed by atoms with van der Waals surface area (Å²) in [6.07, 6.45) is 1.01. The molecule has 0 spiro atoms. The molecule has 8 heteroatoms. The molecule has 0 saturated carbocycles. The first-order valence-electron chi connectivity index (χ1n) is 29.2. The van der Waals surface area contributed by atoms with E-state index in [1.54, 1.807) is 17.4 Å². The number of nitrogens with zero attached hydrogens (tertiary/aromatic N) is 3. The van der Waals surface area contributed by atoms with E-state index in [1.807, 2.05) is 72.0 Å². The molecule has 0 unspecified atom stereocenters. The molecule has 13 aromatic carbocycles. The molecule has 17 aromatic rings. The molecule has 0 aliphatic heterocycles. The molecule has 0 N–H and O–H groups in total. The molecule has 0 amide bonds. The first-order valence-corrected chi connectivity index (χ1v) is 32.2. The highest BCUT2D eigenvalue weighted by molar-refractivity contribution is 7.79. The third kappa shape index (κ3) is 8.93. The van der Waals surface area contributed by atoms with Crippen molar-refractivity contribution in [2.45, 2.75) is 6.42 Å². The number of hydrogen-bond acceptors (Lipinski definition) is 4. The summed E-state index contributed by atoms with van der Waals surface area (Å²) in [5, 5.41) is 26.2. The average Bonchev–Trinajstić information content (AvgIpc) is 1.82. The smallest absolute Gasteiger partial charge is 0.278 e. The van der Waals surface area contributed by atoms with Crippen LogP contribution in [0.3, 0.4) is 0 Å². The summed E-state index contributed by atoms with van der Waals surface area (Å²) in [6, 6.07) is 107. The predicted octanol–water partition coefficient (Wildman–Crippen LogP) is 20.9. The predicted molar refractivity (Wildman–Crippen MR) is 373 cm³/mol. The van der Waals surface area contributed by atoms with Gasteiger partial charge in [-0.3, -0.25) is 10.1 Å². The molecule has 87 heavy (non-hydrogen) atoms. The van der Waals surface area contributed by atoms with Crippen LogP contribution in [0.1, 0.15) is 11.1 Å². The number of thiophene rings is 2. The van der Waals surface area contributed by atoms with Crippen LogP contribution in [-0.2, 0) is 6.42 Å². The Morgan fingerprint density at radius 3 is 1.26 bits per heavy atom. The van der Waals surface area contributed by atoms with Crippen LogP contribution >= 0.6 is 30.6 Å². The zero-order valence-electron chi connectivity index (χ0n) is 47.0. The van der Waals surface area contributed by atoms with Crippen LogP contribution in [0.15, 0.2) is 303 Å². The molecule has 18 rings (SSSR count). The zero-order chi connectivity index (χ0) is 58.0. The van der Waals surface area contributed by atoms with Crippen LogP contribution < -0.4 is 15.9 Å². The molecule has 0 saturated heterocycles. The van der Waals surface area contributed by atoms with Crippen LogP contribution in [-0.4, -0.2) is 14.1 Å². The van der Waals surface area contributed by atoms with E-state index in [0.29, 0.717) is 5.56 Å². The SMILES string of the molecule is O=[N+]([O-])c1ccc2c(sc3ccccc32)c1-c1cccc2c1c1ccccc1n2-c1ccccc1.c1ccc(-n2c3ccccc3c3c4c(ccc32)Cc2ccc3c(sc5ccccc53)c2-4)cc1.c1ccc(P(c2ccccc2)c2ccccc2)cc1. The minimum absolute atomic E-state index is 0.132. The van der Waals surface area contributed by atoms with Crippen molar-refractivity contribution in [3.63, 3.8) is 0 Å². The van der Waals surface area contributed by atoms with E-state index in [9.17, 15) is 10.1 Å². The van der Waals surface area contributed by atoms with Gasteiger partial charge >= 0.3 is 0 Å². The Morgan fingerprint density at radius 2 is 0.736 bits per heavy atom. The molecular weight excluding hydrogens is 1120 g/mol. The number of para-hydroxylation sites is 4. The highest BCUT2D eigenvalue weighted by Gasteiger charge is 2.29. The van der Waals surface area contributed by atoms with Gasteiger partial charge in [-0.2, -0.15) is 0 Å². The number of nitro benzene ring substituents is 1. The van der Waals surface area contributed by atoms with Crippen molar-refractivity contribution in [1.29, 1.82) is 0 Å². The fourth-order valence-electron chi connectivity index (χ4n) is 13.3. The van der Waals surface area contributed by atoms with E-state index < -0.39 is 7.92 Å². The molecule has 412 valence electrons. The van der Waals surface area contributed by atoms with Crippen molar-refractivity contribution in [3.8, 4) is 33.6 Å². The Bertz CT molecular complexity index is 5370. The minimum atomic E-state index is -0.446. The van der Waals surface area contributed by atoms with Crippen molar-refractivity contribution >= 4 is 136 Å². The molecule has 1 aliphatic carbocycles. The Balaban J connectivity index is 0.000000110. The molecule has 4 aromatic heterocycles. The fraction of sp³-hybridized carbons (Fsp3) is 0.0127. The van der Waals surface area contributed by atoms with Gasteiger partial charge in [0.1, 0.15) is 0 Å². The van der Waals surface area contributed by atoms with Crippen molar-refractivity contribution in [1.82, 2.24) is 9.13 Å². The fourth-order valence-corrected chi connectivity index (χ4v) is 18.1.